The summed E-state index contributed by atoms with van der Waals surface area (Å²) in [6.07, 6.45) is 0.676. The zero-order chi connectivity index (χ0) is 15.3. The summed E-state index contributed by atoms with van der Waals surface area (Å²) in [5.41, 5.74) is 5.84. The number of hydrogen-bond acceptors (Lipinski definition) is 5. The number of benzene rings is 1. The first-order valence-corrected chi connectivity index (χ1v) is 8.02. The smallest absolute Gasteiger partial charge is 0.240 e. The fourth-order valence-corrected chi connectivity index (χ4v) is 3.29. The highest BCUT2D eigenvalue weighted by Gasteiger charge is 2.24. The van der Waals surface area contributed by atoms with E-state index in [0.29, 0.717) is 30.9 Å². The van der Waals surface area contributed by atoms with Gasteiger partial charge >= 0.3 is 0 Å². The quantitative estimate of drug-likeness (QED) is 0.768. The van der Waals surface area contributed by atoms with Gasteiger partial charge in [-0.05, 0) is 24.6 Å². The summed E-state index contributed by atoms with van der Waals surface area (Å²) in [4.78, 5) is 0.150. The summed E-state index contributed by atoms with van der Waals surface area (Å²) >= 11 is 0. The molecule has 21 heavy (non-hydrogen) atoms. The Morgan fingerprint density at radius 1 is 1.52 bits per heavy atom. The standard InChI is InChI=1S/C14H18N2O4S/c1-19-14-5-4-13(9-11(14)3-2-7-15)21(17,18)16-12-6-8-20-10-12/h4-5,9,12,16H,6-8,10,15H2,1H3. The third-order valence-electron chi connectivity index (χ3n) is 3.06. The maximum Gasteiger partial charge on any atom is 0.240 e. The van der Waals surface area contributed by atoms with Crippen molar-refractivity contribution >= 4 is 10.0 Å². The van der Waals surface area contributed by atoms with Crippen LogP contribution in [0.2, 0.25) is 0 Å². The first-order valence-electron chi connectivity index (χ1n) is 6.54. The van der Waals surface area contributed by atoms with Gasteiger partial charge in [0.2, 0.25) is 10.0 Å². The van der Waals surface area contributed by atoms with Crippen molar-refractivity contribution in [2.45, 2.75) is 17.4 Å². The molecule has 0 saturated carbocycles. The number of hydrogen-bond donors (Lipinski definition) is 2. The van der Waals surface area contributed by atoms with Crippen LogP contribution in [0.15, 0.2) is 23.1 Å². The largest absolute Gasteiger partial charge is 0.495 e. The van der Waals surface area contributed by atoms with Crippen molar-refractivity contribution < 1.29 is 17.9 Å². The van der Waals surface area contributed by atoms with E-state index in [4.69, 9.17) is 15.2 Å². The van der Waals surface area contributed by atoms with Gasteiger partial charge in [-0.2, -0.15) is 0 Å². The van der Waals surface area contributed by atoms with Crippen molar-refractivity contribution in [3.8, 4) is 17.6 Å². The molecule has 1 unspecified atom stereocenters. The molecule has 6 nitrogen and oxygen atoms in total. The van der Waals surface area contributed by atoms with E-state index in [-0.39, 0.29) is 17.5 Å². The highest BCUT2D eigenvalue weighted by Crippen LogP contribution is 2.22. The molecule has 7 heteroatoms. The summed E-state index contributed by atoms with van der Waals surface area (Å²) in [6, 6.07) is 4.38. The Hall–Kier alpha value is -1.59. The molecule has 1 aromatic carbocycles. The lowest BCUT2D eigenvalue weighted by Gasteiger charge is -2.12. The summed E-state index contributed by atoms with van der Waals surface area (Å²) in [7, 11) is -2.10. The van der Waals surface area contributed by atoms with Crippen LogP contribution >= 0.6 is 0 Å². The zero-order valence-corrected chi connectivity index (χ0v) is 12.6. The van der Waals surface area contributed by atoms with E-state index in [1.165, 1.54) is 19.2 Å². The second-order valence-electron chi connectivity index (χ2n) is 4.55. The molecule has 1 atom stereocenters. The highest BCUT2D eigenvalue weighted by atomic mass is 32.2. The molecule has 0 aromatic heterocycles. The lowest BCUT2D eigenvalue weighted by molar-refractivity contribution is 0.192. The van der Waals surface area contributed by atoms with Crippen LogP contribution in [0.1, 0.15) is 12.0 Å². The van der Waals surface area contributed by atoms with Crippen LogP contribution in [0, 0.1) is 11.8 Å². The van der Waals surface area contributed by atoms with Gasteiger partial charge in [-0.15, -0.1) is 0 Å². The molecule has 0 spiro atoms. The summed E-state index contributed by atoms with van der Waals surface area (Å²) < 4.78 is 37.6. The second-order valence-corrected chi connectivity index (χ2v) is 6.26. The summed E-state index contributed by atoms with van der Waals surface area (Å²) in [5.74, 6) is 6.02. The van der Waals surface area contributed by atoms with Gasteiger partial charge in [-0.3, -0.25) is 0 Å². The molecule has 1 aromatic rings. The fourth-order valence-electron chi connectivity index (χ4n) is 2.01. The second kappa shape index (κ2) is 6.91. The van der Waals surface area contributed by atoms with Gasteiger partial charge in [0, 0.05) is 12.6 Å². The topological polar surface area (TPSA) is 90.7 Å². The first kappa shape index (κ1) is 15.8. The predicted molar refractivity (Wildman–Crippen MR) is 78.5 cm³/mol. The van der Waals surface area contributed by atoms with Crippen LogP contribution in [0.5, 0.6) is 5.75 Å². The van der Waals surface area contributed by atoms with Gasteiger partial charge in [0.15, 0.2) is 0 Å². The van der Waals surface area contributed by atoms with Crippen molar-refractivity contribution in [2.75, 3.05) is 26.9 Å². The molecular formula is C14H18N2O4S. The van der Waals surface area contributed by atoms with E-state index < -0.39 is 10.0 Å². The molecule has 2 rings (SSSR count). The number of ether oxygens (including phenoxy) is 2. The Labute approximate surface area is 124 Å². The lowest BCUT2D eigenvalue weighted by atomic mass is 10.2. The Morgan fingerprint density at radius 3 is 2.95 bits per heavy atom. The van der Waals surface area contributed by atoms with E-state index in [1.54, 1.807) is 6.07 Å². The maximum absolute atomic E-state index is 12.3. The van der Waals surface area contributed by atoms with Crippen molar-refractivity contribution in [3.63, 3.8) is 0 Å². The van der Waals surface area contributed by atoms with Crippen LogP contribution in [-0.2, 0) is 14.8 Å². The number of nitrogens with one attached hydrogen (secondary N) is 1. The van der Waals surface area contributed by atoms with Crippen molar-refractivity contribution in [1.29, 1.82) is 0 Å². The average molecular weight is 310 g/mol. The minimum Gasteiger partial charge on any atom is -0.495 e. The molecule has 1 aliphatic rings. The van der Waals surface area contributed by atoms with Crippen LogP contribution in [0.3, 0.4) is 0 Å². The van der Waals surface area contributed by atoms with Crippen molar-refractivity contribution in [1.82, 2.24) is 4.72 Å². The maximum atomic E-state index is 12.3. The van der Waals surface area contributed by atoms with E-state index in [2.05, 4.69) is 16.6 Å². The molecule has 114 valence electrons. The number of rotatable bonds is 4. The number of nitrogens with two attached hydrogens (primary N) is 1. The molecular weight excluding hydrogens is 292 g/mol. The molecule has 3 N–H and O–H groups in total. The van der Waals surface area contributed by atoms with E-state index in [0.717, 1.165) is 0 Å². The monoisotopic (exact) mass is 310 g/mol. The molecule has 1 fully saturated rings. The Bertz CT molecular complexity index is 655. The Balaban J connectivity index is 2.30. The SMILES string of the molecule is COc1ccc(S(=O)(=O)NC2CCOC2)cc1C#CCN. The number of methoxy groups -OCH3 is 1. The van der Waals surface area contributed by atoms with Crippen molar-refractivity contribution in [2.24, 2.45) is 5.73 Å². The molecule has 1 aliphatic heterocycles. The Morgan fingerprint density at radius 2 is 2.33 bits per heavy atom. The van der Waals surface area contributed by atoms with Gasteiger partial charge in [0.1, 0.15) is 5.75 Å². The normalized spacial score (nSPS) is 18.1. The summed E-state index contributed by atoms with van der Waals surface area (Å²) in [6.45, 7) is 1.16. The van der Waals surface area contributed by atoms with Crippen LogP contribution < -0.4 is 15.2 Å². The first-order chi connectivity index (χ1) is 10.1. The summed E-state index contributed by atoms with van der Waals surface area (Å²) in [5, 5.41) is 0. The molecule has 0 radical (unpaired) electrons. The predicted octanol–water partition coefficient (Wildman–Crippen LogP) is 0.0726. The van der Waals surface area contributed by atoms with Crippen LogP contribution in [-0.4, -0.2) is 41.3 Å². The van der Waals surface area contributed by atoms with Gasteiger partial charge < -0.3 is 15.2 Å². The minimum atomic E-state index is -3.60. The average Bonchev–Trinajstić information content (AvgIpc) is 2.96. The molecule has 1 heterocycles. The lowest BCUT2D eigenvalue weighted by Crippen LogP contribution is -2.35. The molecule has 0 bridgehead atoms. The molecule has 0 aliphatic carbocycles. The van der Waals surface area contributed by atoms with E-state index >= 15 is 0 Å². The number of sulfonamides is 1. The van der Waals surface area contributed by atoms with Gasteiger partial charge in [-0.1, -0.05) is 11.8 Å². The molecule has 0 amide bonds. The third-order valence-corrected chi connectivity index (χ3v) is 4.58. The fraction of sp³-hybridized carbons (Fsp3) is 0.429. The Kier molecular flexibility index (Phi) is 5.20. The van der Waals surface area contributed by atoms with Crippen LogP contribution in [0.25, 0.3) is 0 Å². The molecule has 1 saturated heterocycles. The van der Waals surface area contributed by atoms with E-state index in [1.807, 2.05) is 0 Å². The minimum absolute atomic E-state index is 0.150. The third kappa shape index (κ3) is 3.95. The van der Waals surface area contributed by atoms with E-state index in [9.17, 15) is 8.42 Å². The van der Waals surface area contributed by atoms with Gasteiger partial charge in [0.05, 0.1) is 30.7 Å². The van der Waals surface area contributed by atoms with Gasteiger partial charge in [-0.25, -0.2) is 13.1 Å². The highest BCUT2D eigenvalue weighted by molar-refractivity contribution is 7.89. The van der Waals surface area contributed by atoms with Gasteiger partial charge in [0.25, 0.3) is 0 Å². The van der Waals surface area contributed by atoms with Crippen molar-refractivity contribution in [3.05, 3.63) is 23.8 Å². The zero-order valence-electron chi connectivity index (χ0n) is 11.8. The van der Waals surface area contributed by atoms with Crippen LogP contribution in [0.4, 0.5) is 0 Å².